The predicted molar refractivity (Wildman–Crippen MR) is 146 cm³/mol. The van der Waals surface area contributed by atoms with Crippen LogP contribution in [0.3, 0.4) is 0 Å². The van der Waals surface area contributed by atoms with E-state index in [1.807, 2.05) is 31.2 Å². The fraction of sp³-hybridized carbons (Fsp3) is 0.172. The number of hydrogen-bond donors (Lipinski definition) is 2. The molecule has 1 aromatic heterocycles. The molecule has 5 rings (SSSR count). The molecule has 1 atom stereocenters. The largest absolute Gasteiger partial charge is 0.507 e. The van der Waals surface area contributed by atoms with E-state index >= 15 is 0 Å². The first kappa shape index (κ1) is 25.9. The van der Waals surface area contributed by atoms with Gasteiger partial charge in [0.05, 0.1) is 18.7 Å². The minimum Gasteiger partial charge on any atom is -0.507 e. The lowest BCUT2D eigenvalue weighted by molar-refractivity contribution is -0.132. The molecular weight excluding hydrogens is 518 g/mol. The van der Waals surface area contributed by atoms with E-state index < -0.39 is 17.7 Å². The topological polar surface area (TPSA) is 122 Å². The Labute approximate surface area is 228 Å². The summed E-state index contributed by atoms with van der Waals surface area (Å²) in [4.78, 5) is 27.8. The average Bonchev–Trinajstić information content (AvgIpc) is 3.48. The molecule has 39 heavy (non-hydrogen) atoms. The average molecular weight is 544 g/mol. The number of carbonyl (C=O) groups excluding carboxylic acids is 2. The number of amides is 1. The van der Waals surface area contributed by atoms with Crippen molar-refractivity contribution >= 4 is 33.9 Å². The van der Waals surface area contributed by atoms with Crippen LogP contribution in [0.25, 0.3) is 5.76 Å². The lowest BCUT2D eigenvalue weighted by atomic mass is 9.95. The monoisotopic (exact) mass is 543 g/mol. The Bertz CT molecular complexity index is 1590. The third-order valence-electron chi connectivity index (χ3n) is 6.47. The summed E-state index contributed by atoms with van der Waals surface area (Å²) in [7, 11) is 1.40. The summed E-state index contributed by atoms with van der Waals surface area (Å²) >= 11 is 1.15. The maximum Gasteiger partial charge on any atom is 0.301 e. The smallest absolute Gasteiger partial charge is 0.301 e. The highest BCUT2D eigenvalue weighted by Gasteiger charge is 2.48. The van der Waals surface area contributed by atoms with Gasteiger partial charge in [0, 0.05) is 5.56 Å². The molecule has 1 aliphatic heterocycles. The molecule has 198 valence electrons. The van der Waals surface area contributed by atoms with Gasteiger partial charge in [-0.25, -0.2) is 0 Å². The van der Waals surface area contributed by atoms with E-state index in [0.717, 1.165) is 22.5 Å². The summed E-state index contributed by atoms with van der Waals surface area (Å²) in [5.41, 5.74) is 2.83. The van der Waals surface area contributed by atoms with Gasteiger partial charge in [0.15, 0.2) is 11.5 Å². The molecule has 1 saturated heterocycles. The molecule has 2 heterocycles. The highest BCUT2D eigenvalue weighted by molar-refractivity contribution is 7.15. The SMILES string of the molecule is COc1cc(C2C(=C(O)c3ccc(OCc4ccccc4C)cc3)C(=O)C(=O)N2c2nnc(C)s2)ccc1O. The van der Waals surface area contributed by atoms with Crippen LogP contribution in [0, 0.1) is 13.8 Å². The van der Waals surface area contributed by atoms with E-state index in [0.29, 0.717) is 28.5 Å². The van der Waals surface area contributed by atoms with E-state index in [2.05, 4.69) is 10.2 Å². The number of aliphatic hydroxyl groups is 1. The lowest BCUT2D eigenvalue weighted by Gasteiger charge is -2.23. The van der Waals surface area contributed by atoms with Crippen LogP contribution in [0.15, 0.2) is 72.3 Å². The van der Waals surface area contributed by atoms with Gasteiger partial charge in [-0.3, -0.25) is 14.5 Å². The van der Waals surface area contributed by atoms with Gasteiger partial charge in [0.25, 0.3) is 5.78 Å². The van der Waals surface area contributed by atoms with Crippen molar-refractivity contribution in [2.75, 3.05) is 12.0 Å². The number of carbonyl (C=O) groups is 2. The fourth-order valence-corrected chi connectivity index (χ4v) is 5.10. The van der Waals surface area contributed by atoms with Gasteiger partial charge in [0.1, 0.15) is 23.1 Å². The molecule has 0 aliphatic carbocycles. The minimum absolute atomic E-state index is 0.105. The Morgan fingerprint density at radius 2 is 1.77 bits per heavy atom. The molecule has 4 aromatic rings. The Morgan fingerprint density at radius 3 is 2.44 bits per heavy atom. The number of methoxy groups -OCH3 is 1. The summed E-state index contributed by atoms with van der Waals surface area (Å²) in [5, 5.41) is 30.3. The van der Waals surface area contributed by atoms with Crippen LogP contribution in [0.4, 0.5) is 5.13 Å². The molecule has 0 radical (unpaired) electrons. The molecule has 1 unspecified atom stereocenters. The van der Waals surface area contributed by atoms with E-state index in [1.165, 1.54) is 24.1 Å². The quantitative estimate of drug-likeness (QED) is 0.188. The van der Waals surface area contributed by atoms with Crippen LogP contribution in [-0.2, 0) is 16.2 Å². The minimum atomic E-state index is -1.02. The van der Waals surface area contributed by atoms with E-state index in [4.69, 9.17) is 9.47 Å². The van der Waals surface area contributed by atoms with Crippen LogP contribution in [0.2, 0.25) is 0 Å². The third kappa shape index (κ3) is 4.94. The maximum atomic E-state index is 13.3. The number of phenols is 1. The molecule has 1 amide bonds. The second-order valence-electron chi connectivity index (χ2n) is 8.94. The highest BCUT2D eigenvalue weighted by Crippen LogP contribution is 2.44. The van der Waals surface area contributed by atoms with Gasteiger partial charge in [-0.1, -0.05) is 41.7 Å². The van der Waals surface area contributed by atoms with E-state index in [9.17, 15) is 19.8 Å². The molecule has 0 saturated carbocycles. The van der Waals surface area contributed by atoms with Gasteiger partial charge in [-0.05, 0) is 66.9 Å². The third-order valence-corrected chi connectivity index (χ3v) is 7.31. The zero-order valence-corrected chi connectivity index (χ0v) is 22.2. The fourth-order valence-electron chi connectivity index (χ4n) is 4.39. The van der Waals surface area contributed by atoms with Crippen LogP contribution < -0.4 is 14.4 Å². The summed E-state index contributed by atoms with van der Waals surface area (Å²) < 4.78 is 11.1. The van der Waals surface area contributed by atoms with Crippen LogP contribution in [0.1, 0.15) is 33.3 Å². The maximum absolute atomic E-state index is 13.3. The summed E-state index contributed by atoms with van der Waals surface area (Å²) in [5.74, 6) is -1.42. The second-order valence-corrected chi connectivity index (χ2v) is 10.1. The number of aromatic nitrogens is 2. The van der Waals surface area contributed by atoms with Gasteiger partial charge >= 0.3 is 5.91 Å². The first-order valence-corrected chi connectivity index (χ1v) is 12.9. The second kappa shape index (κ2) is 10.6. The van der Waals surface area contributed by atoms with Crippen molar-refractivity contribution in [1.82, 2.24) is 10.2 Å². The zero-order valence-electron chi connectivity index (χ0n) is 21.4. The number of aryl methyl sites for hydroxylation is 2. The number of phenolic OH excluding ortho intramolecular Hbond substituents is 1. The van der Waals surface area contributed by atoms with Crippen LogP contribution >= 0.6 is 11.3 Å². The molecule has 1 fully saturated rings. The van der Waals surface area contributed by atoms with Gasteiger partial charge in [-0.15, -0.1) is 10.2 Å². The highest BCUT2D eigenvalue weighted by atomic mass is 32.1. The van der Waals surface area contributed by atoms with E-state index in [-0.39, 0.29) is 28.0 Å². The number of rotatable bonds is 7. The van der Waals surface area contributed by atoms with Gasteiger partial charge in [0.2, 0.25) is 5.13 Å². The first-order chi connectivity index (χ1) is 18.8. The molecular formula is C29H25N3O6S. The van der Waals surface area contributed by atoms with Crippen molar-refractivity contribution in [3.05, 3.63) is 99.6 Å². The number of aliphatic hydroxyl groups excluding tert-OH is 1. The van der Waals surface area contributed by atoms with Crippen molar-refractivity contribution in [3.63, 3.8) is 0 Å². The summed E-state index contributed by atoms with van der Waals surface area (Å²) in [6.45, 7) is 4.13. The zero-order chi connectivity index (χ0) is 27.7. The number of benzene rings is 3. The van der Waals surface area contributed by atoms with E-state index in [1.54, 1.807) is 37.3 Å². The van der Waals surface area contributed by atoms with Crippen molar-refractivity contribution in [3.8, 4) is 17.2 Å². The number of aromatic hydroxyl groups is 1. The molecule has 3 aromatic carbocycles. The van der Waals surface area contributed by atoms with Crippen molar-refractivity contribution in [2.45, 2.75) is 26.5 Å². The number of anilines is 1. The van der Waals surface area contributed by atoms with Crippen LogP contribution in [0.5, 0.6) is 17.2 Å². The molecule has 1 aliphatic rings. The molecule has 0 spiro atoms. The number of ketones is 1. The molecule has 2 N–H and O–H groups in total. The van der Waals surface area contributed by atoms with Crippen molar-refractivity contribution in [2.24, 2.45) is 0 Å². The normalized spacial score (nSPS) is 16.5. The number of ether oxygens (including phenoxy) is 2. The lowest BCUT2D eigenvalue weighted by Crippen LogP contribution is -2.29. The molecule has 9 nitrogen and oxygen atoms in total. The van der Waals surface area contributed by atoms with Crippen LogP contribution in [-0.4, -0.2) is 39.2 Å². The van der Waals surface area contributed by atoms with Gasteiger partial charge in [-0.2, -0.15) is 0 Å². The molecule has 0 bridgehead atoms. The first-order valence-electron chi connectivity index (χ1n) is 12.0. The molecule has 10 heteroatoms. The van der Waals surface area contributed by atoms with Crippen molar-refractivity contribution in [1.29, 1.82) is 0 Å². The number of nitrogens with zero attached hydrogens (tertiary/aromatic N) is 3. The standard InChI is InChI=1S/C29H25N3O6S/c1-16-6-4-5-7-20(16)15-38-21-11-8-18(9-12-21)26(34)24-25(19-10-13-22(33)23(14-19)37-3)32(28(36)27(24)35)29-31-30-17(2)39-29/h4-14,25,33-34H,15H2,1-3H3. The number of hydrogen-bond acceptors (Lipinski definition) is 9. The summed E-state index contributed by atoms with van der Waals surface area (Å²) in [6, 6.07) is 18.0. The Kier molecular flexibility index (Phi) is 7.03. The Balaban J connectivity index is 1.53. The summed E-state index contributed by atoms with van der Waals surface area (Å²) in [6.07, 6.45) is 0. The van der Waals surface area contributed by atoms with Gasteiger partial charge < -0.3 is 19.7 Å². The predicted octanol–water partition coefficient (Wildman–Crippen LogP) is 5.07. The Morgan fingerprint density at radius 1 is 1.03 bits per heavy atom. The van der Waals surface area contributed by atoms with Crippen molar-refractivity contribution < 1.29 is 29.3 Å². The Hall–Kier alpha value is -4.70. The number of Topliss-reactive ketones (excluding diaryl/α,β-unsaturated/α-hetero) is 1.